The number of carbonyl (C=O) groups excluding carboxylic acids is 2. The average Bonchev–Trinajstić information content (AvgIpc) is 2.96. The van der Waals surface area contributed by atoms with Gasteiger partial charge >= 0.3 is 0 Å². The van der Waals surface area contributed by atoms with Crippen LogP contribution in [0.25, 0.3) is 0 Å². The summed E-state index contributed by atoms with van der Waals surface area (Å²) in [5, 5.41) is 0. The maximum Gasteiger partial charge on any atom is 0.177 e. The Hall–Kier alpha value is -2.42. The first-order chi connectivity index (χ1) is 10.2. The summed E-state index contributed by atoms with van der Waals surface area (Å²) < 4.78 is 5.36. The summed E-state index contributed by atoms with van der Waals surface area (Å²) in [5.74, 6) is 0.598. The third kappa shape index (κ3) is 1.43. The molecule has 1 spiro atoms. The van der Waals surface area contributed by atoms with E-state index in [0.29, 0.717) is 29.7 Å². The van der Waals surface area contributed by atoms with Crippen molar-refractivity contribution in [2.24, 2.45) is 5.41 Å². The largest absolute Gasteiger partial charge is 0.496 e. The van der Waals surface area contributed by atoms with E-state index in [2.05, 4.69) is 0 Å². The highest BCUT2D eigenvalue weighted by Crippen LogP contribution is 2.48. The standard InChI is InChI=1S/C18H14O3/c1-21-15-8-4-7-13-14(15)10-18(17(13)20)9-11-5-2-3-6-12(11)16(18)19/h2-8H,9-10H2,1H3/t18-/m0/s1. The summed E-state index contributed by atoms with van der Waals surface area (Å²) >= 11 is 0. The van der Waals surface area contributed by atoms with Crippen molar-refractivity contribution in [2.75, 3.05) is 7.11 Å². The van der Waals surface area contributed by atoms with Crippen LogP contribution in [-0.2, 0) is 12.8 Å². The fraction of sp³-hybridized carbons (Fsp3) is 0.222. The highest BCUT2D eigenvalue weighted by molar-refractivity contribution is 6.25. The molecule has 3 nitrogen and oxygen atoms in total. The molecule has 21 heavy (non-hydrogen) atoms. The number of hydrogen-bond donors (Lipinski definition) is 0. The molecule has 0 amide bonds. The molecule has 0 radical (unpaired) electrons. The predicted octanol–water partition coefficient (Wildman–Crippen LogP) is 2.86. The Labute approximate surface area is 122 Å². The van der Waals surface area contributed by atoms with Gasteiger partial charge in [0.05, 0.1) is 7.11 Å². The van der Waals surface area contributed by atoms with Gasteiger partial charge in [0, 0.05) is 16.7 Å². The molecule has 2 aromatic carbocycles. The van der Waals surface area contributed by atoms with Crippen LogP contribution in [-0.4, -0.2) is 18.7 Å². The van der Waals surface area contributed by atoms with E-state index < -0.39 is 5.41 Å². The van der Waals surface area contributed by atoms with E-state index in [1.165, 1.54) is 0 Å². The number of Topliss-reactive ketones (excluding diaryl/α,β-unsaturated/α-hetero) is 2. The monoisotopic (exact) mass is 278 g/mol. The normalized spacial score (nSPS) is 22.5. The van der Waals surface area contributed by atoms with E-state index in [-0.39, 0.29) is 11.6 Å². The molecule has 2 aliphatic rings. The van der Waals surface area contributed by atoms with Crippen LogP contribution in [0.15, 0.2) is 42.5 Å². The number of fused-ring (bicyclic) bond motifs is 2. The molecule has 1 atom stereocenters. The molecular formula is C18H14O3. The van der Waals surface area contributed by atoms with Crippen LogP contribution < -0.4 is 4.74 Å². The minimum absolute atomic E-state index is 0.0404. The van der Waals surface area contributed by atoms with Crippen LogP contribution in [0.4, 0.5) is 0 Å². The fourth-order valence-corrected chi connectivity index (χ4v) is 3.68. The van der Waals surface area contributed by atoms with Gasteiger partial charge in [0.15, 0.2) is 11.6 Å². The SMILES string of the molecule is COc1cccc2c1C[C@]1(Cc3ccccc3C1=O)C2=O. The van der Waals surface area contributed by atoms with E-state index in [4.69, 9.17) is 4.74 Å². The number of ketones is 2. The smallest absolute Gasteiger partial charge is 0.177 e. The molecule has 0 aliphatic heterocycles. The fourth-order valence-electron chi connectivity index (χ4n) is 3.68. The van der Waals surface area contributed by atoms with Gasteiger partial charge in [-0.3, -0.25) is 9.59 Å². The Morgan fingerprint density at radius 1 is 0.905 bits per heavy atom. The van der Waals surface area contributed by atoms with E-state index in [9.17, 15) is 9.59 Å². The Kier molecular flexibility index (Phi) is 2.37. The molecule has 0 saturated heterocycles. The zero-order valence-electron chi connectivity index (χ0n) is 11.7. The molecule has 3 heteroatoms. The summed E-state index contributed by atoms with van der Waals surface area (Å²) in [6, 6.07) is 13.0. The van der Waals surface area contributed by atoms with Crippen LogP contribution in [0.1, 0.15) is 31.8 Å². The molecule has 4 rings (SSSR count). The van der Waals surface area contributed by atoms with Gasteiger partial charge in [-0.05, 0) is 24.5 Å². The van der Waals surface area contributed by atoms with E-state index in [1.54, 1.807) is 19.2 Å². The van der Waals surface area contributed by atoms with Crippen molar-refractivity contribution < 1.29 is 14.3 Å². The van der Waals surface area contributed by atoms with E-state index >= 15 is 0 Å². The van der Waals surface area contributed by atoms with E-state index in [0.717, 1.165) is 11.1 Å². The quantitative estimate of drug-likeness (QED) is 0.753. The van der Waals surface area contributed by atoms with Crippen molar-refractivity contribution in [3.63, 3.8) is 0 Å². The van der Waals surface area contributed by atoms with Crippen molar-refractivity contribution in [3.05, 3.63) is 64.7 Å². The van der Waals surface area contributed by atoms with Gasteiger partial charge in [-0.25, -0.2) is 0 Å². The third-order valence-corrected chi connectivity index (χ3v) is 4.70. The Morgan fingerprint density at radius 2 is 1.62 bits per heavy atom. The summed E-state index contributed by atoms with van der Waals surface area (Å²) in [6.45, 7) is 0. The van der Waals surface area contributed by atoms with Crippen LogP contribution in [0, 0.1) is 5.41 Å². The van der Waals surface area contributed by atoms with Crippen molar-refractivity contribution in [1.82, 2.24) is 0 Å². The summed E-state index contributed by atoms with van der Waals surface area (Å²) in [7, 11) is 1.59. The maximum atomic E-state index is 12.9. The first-order valence-corrected chi connectivity index (χ1v) is 7.01. The topological polar surface area (TPSA) is 43.4 Å². The molecule has 2 aliphatic carbocycles. The molecule has 0 fully saturated rings. The number of ether oxygens (including phenoxy) is 1. The first kappa shape index (κ1) is 12.3. The minimum atomic E-state index is -0.944. The molecule has 0 N–H and O–H groups in total. The van der Waals surface area contributed by atoms with Crippen LogP contribution in [0.5, 0.6) is 5.75 Å². The average molecular weight is 278 g/mol. The van der Waals surface area contributed by atoms with Gasteiger partial charge in [0.2, 0.25) is 0 Å². The highest BCUT2D eigenvalue weighted by atomic mass is 16.5. The molecule has 104 valence electrons. The molecule has 0 heterocycles. The van der Waals surface area contributed by atoms with Crippen LogP contribution in [0.3, 0.4) is 0 Å². The van der Waals surface area contributed by atoms with Crippen molar-refractivity contribution in [1.29, 1.82) is 0 Å². The molecular weight excluding hydrogens is 264 g/mol. The number of carbonyl (C=O) groups is 2. The summed E-state index contributed by atoms with van der Waals surface area (Å²) in [6.07, 6.45) is 0.942. The molecule has 0 saturated carbocycles. The number of hydrogen-bond acceptors (Lipinski definition) is 3. The molecule has 0 unspecified atom stereocenters. The lowest BCUT2D eigenvalue weighted by Gasteiger charge is -2.18. The first-order valence-electron chi connectivity index (χ1n) is 7.01. The molecule has 0 bridgehead atoms. The number of rotatable bonds is 1. The van der Waals surface area contributed by atoms with Gasteiger partial charge < -0.3 is 4.74 Å². The zero-order valence-corrected chi connectivity index (χ0v) is 11.7. The lowest BCUT2D eigenvalue weighted by atomic mass is 9.80. The number of methoxy groups -OCH3 is 1. The minimum Gasteiger partial charge on any atom is -0.496 e. The van der Waals surface area contributed by atoms with E-state index in [1.807, 2.05) is 30.3 Å². The number of benzene rings is 2. The zero-order chi connectivity index (χ0) is 14.6. The molecule has 0 aromatic heterocycles. The Morgan fingerprint density at radius 3 is 2.38 bits per heavy atom. The Balaban J connectivity index is 1.87. The molecule has 2 aromatic rings. The van der Waals surface area contributed by atoms with Gasteiger partial charge in [-0.15, -0.1) is 0 Å². The van der Waals surface area contributed by atoms with Gasteiger partial charge in [-0.2, -0.15) is 0 Å². The predicted molar refractivity (Wildman–Crippen MR) is 77.9 cm³/mol. The lowest BCUT2D eigenvalue weighted by Crippen LogP contribution is -2.34. The van der Waals surface area contributed by atoms with Crippen LogP contribution >= 0.6 is 0 Å². The van der Waals surface area contributed by atoms with Gasteiger partial charge in [-0.1, -0.05) is 36.4 Å². The van der Waals surface area contributed by atoms with Crippen molar-refractivity contribution in [3.8, 4) is 5.75 Å². The van der Waals surface area contributed by atoms with Crippen LogP contribution in [0.2, 0.25) is 0 Å². The third-order valence-electron chi connectivity index (χ3n) is 4.70. The highest BCUT2D eigenvalue weighted by Gasteiger charge is 2.55. The second-order valence-corrected chi connectivity index (χ2v) is 5.74. The van der Waals surface area contributed by atoms with Gasteiger partial charge in [0.25, 0.3) is 0 Å². The second kappa shape index (κ2) is 4.04. The second-order valence-electron chi connectivity index (χ2n) is 5.74. The maximum absolute atomic E-state index is 12.9. The lowest BCUT2D eigenvalue weighted by molar-refractivity contribution is 0.0705. The summed E-state index contributed by atoms with van der Waals surface area (Å²) in [5.41, 5.74) is 2.22. The van der Waals surface area contributed by atoms with Crippen molar-refractivity contribution >= 4 is 11.6 Å². The summed E-state index contributed by atoms with van der Waals surface area (Å²) in [4.78, 5) is 25.7. The Bertz CT molecular complexity index is 791. The van der Waals surface area contributed by atoms with Gasteiger partial charge in [0.1, 0.15) is 11.2 Å². The van der Waals surface area contributed by atoms with Crippen molar-refractivity contribution in [2.45, 2.75) is 12.8 Å².